The molecule has 0 spiro atoms. The smallest absolute Gasteiger partial charge is 0.203 e. The minimum Gasteiger partial charge on any atom is -0.558 e. The Balaban J connectivity index is 3.58. The molecular formula is C7H16O3Si. The van der Waals surface area contributed by atoms with E-state index in [1.54, 1.807) is 12.3 Å². The third-order valence-corrected chi connectivity index (χ3v) is 1.31. The van der Waals surface area contributed by atoms with Gasteiger partial charge in [-0.15, -0.1) is 0 Å². The molecule has 0 heterocycles. The molecule has 0 saturated carbocycles. The average Bonchev–Trinajstić information content (AvgIpc) is 2.01. The molecule has 3 nitrogen and oxygen atoms in total. The van der Waals surface area contributed by atoms with Crippen molar-refractivity contribution < 1.29 is 13.9 Å². The van der Waals surface area contributed by atoms with Crippen LogP contribution in [0.1, 0.15) is 13.8 Å². The van der Waals surface area contributed by atoms with Crippen LogP contribution in [0.2, 0.25) is 0 Å². The van der Waals surface area contributed by atoms with E-state index in [0.29, 0.717) is 23.7 Å². The molecule has 0 fully saturated rings. The second-order valence-corrected chi connectivity index (χ2v) is 2.31. The fourth-order valence-corrected chi connectivity index (χ4v) is 0.788. The molecule has 0 saturated heterocycles. The van der Waals surface area contributed by atoms with Crippen molar-refractivity contribution in [2.24, 2.45) is 0 Å². The third kappa shape index (κ3) is 6.09. The Morgan fingerprint density at radius 1 is 1.27 bits per heavy atom. The highest BCUT2D eigenvalue weighted by molar-refractivity contribution is 5.98. The van der Waals surface area contributed by atoms with Crippen molar-refractivity contribution in [2.45, 2.75) is 20.1 Å². The molecule has 0 N–H and O–H groups in total. The lowest BCUT2D eigenvalue weighted by atomic mass is 10.6. The zero-order valence-electron chi connectivity index (χ0n) is 7.37. The van der Waals surface area contributed by atoms with E-state index in [4.69, 9.17) is 13.9 Å². The van der Waals surface area contributed by atoms with E-state index in [1.165, 1.54) is 0 Å². The van der Waals surface area contributed by atoms with Gasteiger partial charge in [0, 0.05) is 19.3 Å². The highest BCUT2D eigenvalue weighted by atomic mass is 28.2. The highest BCUT2D eigenvalue weighted by Gasteiger charge is 2.00. The van der Waals surface area contributed by atoms with Crippen LogP contribution in [0.4, 0.5) is 0 Å². The molecule has 0 amide bonds. The Morgan fingerprint density at radius 2 is 1.82 bits per heavy atom. The van der Waals surface area contributed by atoms with E-state index < -0.39 is 0 Å². The second-order valence-electron chi connectivity index (χ2n) is 1.84. The van der Waals surface area contributed by atoms with E-state index in [9.17, 15) is 0 Å². The van der Waals surface area contributed by atoms with E-state index in [-0.39, 0.29) is 6.29 Å². The van der Waals surface area contributed by atoms with Crippen molar-refractivity contribution in [3.8, 4) is 0 Å². The first-order valence-corrected chi connectivity index (χ1v) is 4.59. The van der Waals surface area contributed by atoms with E-state index in [1.807, 2.05) is 13.8 Å². The first-order valence-electron chi connectivity index (χ1n) is 3.77. The lowest BCUT2D eigenvalue weighted by Gasteiger charge is -2.11. The van der Waals surface area contributed by atoms with Crippen molar-refractivity contribution in [1.82, 2.24) is 0 Å². The van der Waals surface area contributed by atoms with Crippen LogP contribution in [0.15, 0.2) is 12.3 Å². The van der Waals surface area contributed by atoms with Gasteiger partial charge in [0.2, 0.25) is 10.5 Å². The number of hydrogen-bond donors (Lipinski definition) is 0. The van der Waals surface area contributed by atoms with E-state index >= 15 is 0 Å². The van der Waals surface area contributed by atoms with Crippen molar-refractivity contribution in [3.05, 3.63) is 12.3 Å². The summed E-state index contributed by atoms with van der Waals surface area (Å²) in [6.45, 7) is 5.16. The third-order valence-electron chi connectivity index (χ3n) is 1.03. The summed E-state index contributed by atoms with van der Waals surface area (Å²) in [5, 5.41) is 0. The number of ether oxygens (including phenoxy) is 2. The zero-order chi connectivity index (χ0) is 8.53. The zero-order valence-corrected chi connectivity index (χ0v) is 9.37. The van der Waals surface area contributed by atoms with Crippen LogP contribution in [0.25, 0.3) is 0 Å². The summed E-state index contributed by atoms with van der Waals surface area (Å²) < 4.78 is 15.3. The lowest BCUT2D eigenvalue weighted by Crippen LogP contribution is -2.14. The van der Waals surface area contributed by atoms with Gasteiger partial charge in [0.15, 0.2) is 6.29 Å². The average molecular weight is 176 g/mol. The molecule has 11 heavy (non-hydrogen) atoms. The maximum absolute atomic E-state index is 5.21. The van der Waals surface area contributed by atoms with Gasteiger partial charge in [-0.3, -0.25) is 0 Å². The SMILES string of the molecule is CCOC(C=CO[SiH3])OCC. The largest absolute Gasteiger partial charge is 0.558 e. The Labute approximate surface area is 70.9 Å². The van der Waals surface area contributed by atoms with Crippen LogP contribution in [-0.2, 0) is 13.9 Å². The summed E-state index contributed by atoms with van der Waals surface area (Å²) in [5.74, 6) is 0. The number of hydrogen-bond acceptors (Lipinski definition) is 3. The monoisotopic (exact) mass is 176 g/mol. The second kappa shape index (κ2) is 7.78. The summed E-state index contributed by atoms with van der Waals surface area (Å²) in [7, 11) is 0.705. The van der Waals surface area contributed by atoms with Gasteiger partial charge in [-0.2, -0.15) is 0 Å². The van der Waals surface area contributed by atoms with Gasteiger partial charge in [-0.05, 0) is 13.8 Å². The molecule has 0 aliphatic carbocycles. The van der Waals surface area contributed by atoms with Gasteiger partial charge in [0.05, 0.1) is 6.26 Å². The van der Waals surface area contributed by atoms with Gasteiger partial charge in [-0.1, -0.05) is 0 Å². The molecule has 0 aromatic heterocycles. The summed E-state index contributed by atoms with van der Waals surface area (Å²) in [5.41, 5.74) is 0. The van der Waals surface area contributed by atoms with Crippen LogP contribution >= 0.6 is 0 Å². The minimum atomic E-state index is -0.251. The standard InChI is InChI=1S/C7H16O3Si/c1-3-8-7(9-4-2)5-6-10-11/h5-7H,3-4H2,1-2,11H3. The van der Waals surface area contributed by atoms with E-state index in [2.05, 4.69) is 0 Å². The molecule has 0 aromatic carbocycles. The summed E-state index contributed by atoms with van der Waals surface area (Å²) in [4.78, 5) is 0. The molecule has 66 valence electrons. The highest BCUT2D eigenvalue weighted by Crippen LogP contribution is 1.96. The van der Waals surface area contributed by atoms with Crippen LogP contribution in [0, 0.1) is 0 Å². The van der Waals surface area contributed by atoms with Crippen molar-refractivity contribution >= 4 is 10.5 Å². The van der Waals surface area contributed by atoms with Gasteiger partial charge >= 0.3 is 0 Å². The Morgan fingerprint density at radius 3 is 2.18 bits per heavy atom. The molecule has 0 aromatic rings. The quantitative estimate of drug-likeness (QED) is 0.329. The van der Waals surface area contributed by atoms with Crippen molar-refractivity contribution in [3.63, 3.8) is 0 Å². The van der Waals surface area contributed by atoms with Crippen LogP contribution in [0.3, 0.4) is 0 Å². The van der Waals surface area contributed by atoms with Gasteiger partial charge < -0.3 is 13.9 Å². The van der Waals surface area contributed by atoms with Gasteiger partial charge in [0.1, 0.15) is 0 Å². The molecule has 4 heteroatoms. The maximum Gasteiger partial charge on any atom is 0.203 e. The lowest BCUT2D eigenvalue weighted by molar-refractivity contribution is -0.104. The molecule has 0 atom stereocenters. The maximum atomic E-state index is 5.21. The molecule has 0 radical (unpaired) electrons. The predicted octanol–water partition coefficient (Wildman–Crippen LogP) is 0.196. The summed E-state index contributed by atoms with van der Waals surface area (Å²) in [6, 6.07) is 0. The normalized spacial score (nSPS) is 11.5. The fraction of sp³-hybridized carbons (Fsp3) is 0.714. The number of rotatable bonds is 6. The summed E-state index contributed by atoms with van der Waals surface area (Å²) >= 11 is 0. The fourth-order valence-electron chi connectivity index (χ4n) is 0.630. The predicted molar refractivity (Wildman–Crippen MR) is 47.2 cm³/mol. The molecular weight excluding hydrogens is 160 g/mol. The van der Waals surface area contributed by atoms with Gasteiger partial charge in [0.25, 0.3) is 0 Å². The van der Waals surface area contributed by atoms with Crippen molar-refractivity contribution in [1.29, 1.82) is 0 Å². The Kier molecular flexibility index (Phi) is 7.55. The minimum absolute atomic E-state index is 0.251. The van der Waals surface area contributed by atoms with Crippen LogP contribution < -0.4 is 0 Å². The van der Waals surface area contributed by atoms with Gasteiger partial charge in [-0.25, -0.2) is 0 Å². The first-order chi connectivity index (χ1) is 5.35. The van der Waals surface area contributed by atoms with Crippen molar-refractivity contribution in [2.75, 3.05) is 13.2 Å². The van der Waals surface area contributed by atoms with Crippen LogP contribution in [0.5, 0.6) is 0 Å². The Hall–Kier alpha value is -0.323. The van der Waals surface area contributed by atoms with E-state index in [0.717, 1.165) is 0 Å². The molecule has 0 rings (SSSR count). The Bertz CT molecular complexity index is 99.9. The summed E-state index contributed by atoms with van der Waals surface area (Å²) in [6.07, 6.45) is 3.13. The molecule has 0 unspecified atom stereocenters. The molecule has 0 aliphatic rings. The first kappa shape index (κ1) is 10.7. The topological polar surface area (TPSA) is 27.7 Å². The molecule has 0 bridgehead atoms. The molecule has 0 aliphatic heterocycles. The van der Waals surface area contributed by atoms with Crippen LogP contribution in [-0.4, -0.2) is 30.0 Å².